The normalized spacial score (nSPS) is 10.8. The van der Waals surface area contributed by atoms with Gasteiger partial charge in [0.15, 0.2) is 0 Å². The number of furan rings is 1. The van der Waals surface area contributed by atoms with Gasteiger partial charge in [-0.2, -0.15) is 5.10 Å². The summed E-state index contributed by atoms with van der Waals surface area (Å²) in [6, 6.07) is 15.0. The third kappa shape index (κ3) is 5.00. The quantitative estimate of drug-likeness (QED) is 0.455. The molecule has 0 radical (unpaired) electrons. The molecule has 6 nitrogen and oxygen atoms in total. The predicted molar refractivity (Wildman–Crippen MR) is 110 cm³/mol. The van der Waals surface area contributed by atoms with Crippen LogP contribution in [0.15, 0.2) is 64.1 Å². The maximum atomic E-state index is 12.1. The average Bonchev–Trinajstić information content (AvgIpc) is 3.10. The topological polar surface area (TPSA) is 83.7 Å². The van der Waals surface area contributed by atoms with E-state index in [1.165, 1.54) is 13.1 Å². The first kappa shape index (κ1) is 19.7. The zero-order valence-electron chi connectivity index (χ0n) is 14.7. The van der Waals surface area contributed by atoms with Crippen molar-refractivity contribution in [2.75, 3.05) is 5.32 Å². The van der Waals surface area contributed by atoms with Crippen LogP contribution in [0.5, 0.6) is 0 Å². The van der Waals surface area contributed by atoms with Crippen molar-refractivity contribution in [1.82, 2.24) is 5.43 Å². The van der Waals surface area contributed by atoms with Gasteiger partial charge in [0.05, 0.1) is 11.2 Å². The van der Waals surface area contributed by atoms with E-state index in [9.17, 15) is 9.59 Å². The number of nitrogens with one attached hydrogen (secondary N) is 2. The second-order valence-electron chi connectivity index (χ2n) is 5.78. The highest BCUT2D eigenvalue weighted by Crippen LogP contribution is 2.31. The standard InChI is InChI=1S/C20H15Cl2N3O3/c1-12(26)24-15-5-2-13(3-6-15)20(27)25-23-11-16-7-9-19(28-16)17-8-4-14(21)10-18(17)22/h2-11H,1H3,(H,24,26)(H,25,27). The molecule has 0 aliphatic heterocycles. The minimum atomic E-state index is -0.391. The van der Waals surface area contributed by atoms with Gasteiger partial charge in [-0.05, 0) is 54.6 Å². The fraction of sp³-hybridized carbons (Fsp3) is 0.0500. The average molecular weight is 416 g/mol. The first-order valence-electron chi connectivity index (χ1n) is 8.19. The Bertz CT molecular complexity index is 1040. The molecule has 2 aromatic carbocycles. The summed E-state index contributed by atoms with van der Waals surface area (Å²) >= 11 is 12.1. The second kappa shape index (κ2) is 8.73. The summed E-state index contributed by atoms with van der Waals surface area (Å²) in [5.74, 6) is 0.433. The maximum Gasteiger partial charge on any atom is 0.271 e. The van der Waals surface area contributed by atoms with Crippen LogP contribution in [0.25, 0.3) is 11.3 Å². The Balaban J connectivity index is 1.62. The van der Waals surface area contributed by atoms with Crippen molar-refractivity contribution < 1.29 is 14.0 Å². The number of carbonyl (C=O) groups is 2. The van der Waals surface area contributed by atoms with Crippen molar-refractivity contribution >= 4 is 46.9 Å². The predicted octanol–water partition coefficient (Wildman–Crippen LogP) is 4.98. The number of benzene rings is 2. The summed E-state index contributed by atoms with van der Waals surface area (Å²) in [4.78, 5) is 23.1. The van der Waals surface area contributed by atoms with Crippen LogP contribution >= 0.6 is 23.2 Å². The van der Waals surface area contributed by atoms with Crippen molar-refractivity contribution in [3.8, 4) is 11.3 Å². The summed E-state index contributed by atoms with van der Waals surface area (Å²) in [6.45, 7) is 1.41. The number of rotatable bonds is 5. The van der Waals surface area contributed by atoms with Crippen LogP contribution in [-0.4, -0.2) is 18.0 Å². The van der Waals surface area contributed by atoms with Gasteiger partial charge in [-0.25, -0.2) is 5.43 Å². The molecule has 0 saturated carbocycles. The lowest BCUT2D eigenvalue weighted by molar-refractivity contribution is -0.114. The Labute approximate surface area is 171 Å². The molecule has 0 aliphatic rings. The number of hydrogen-bond donors (Lipinski definition) is 2. The molecule has 2 amide bonds. The fourth-order valence-electron chi connectivity index (χ4n) is 2.38. The van der Waals surface area contributed by atoms with Crippen molar-refractivity contribution in [3.05, 3.63) is 76.0 Å². The monoisotopic (exact) mass is 415 g/mol. The van der Waals surface area contributed by atoms with Crippen LogP contribution in [0.4, 0.5) is 5.69 Å². The molecule has 2 N–H and O–H groups in total. The number of hydrogen-bond acceptors (Lipinski definition) is 4. The van der Waals surface area contributed by atoms with E-state index in [-0.39, 0.29) is 5.91 Å². The zero-order valence-corrected chi connectivity index (χ0v) is 16.2. The first-order chi connectivity index (χ1) is 13.4. The Morgan fingerprint density at radius 2 is 1.79 bits per heavy atom. The van der Waals surface area contributed by atoms with E-state index in [1.54, 1.807) is 54.6 Å². The van der Waals surface area contributed by atoms with E-state index >= 15 is 0 Å². The highest BCUT2D eigenvalue weighted by molar-refractivity contribution is 6.36. The Morgan fingerprint density at radius 1 is 1.04 bits per heavy atom. The van der Waals surface area contributed by atoms with Crippen molar-refractivity contribution in [1.29, 1.82) is 0 Å². The van der Waals surface area contributed by atoms with Crippen LogP contribution in [0, 0.1) is 0 Å². The Kier molecular flexibility index (Phi) is 6.13. The molecule has 28 heavy (non-hydrogen) atoms. The molecule has 0 aliphatic carbocycles. The molecule has 0 fully saturated rings. The van der Waals surface area contributed by atoms with Crippen LogP contribution in [0.2, 0.25) is 10.0 Å². The van der Waals surface area contributed by atoms with Gasteiger partial charge in [-0.1, -0.05) is 23.2 Å². The fourth-order valence-corrected chi connectivity index (χ4v) is 2.89. The van der Waals surface area contributed by atoms with Crippen LogP contribution in [0.3, 0.4) is 0 Å². The van der Waals surface area contributed by atoms with Crippen molar-refractivity contribution in [2.45, 2.75) is 6.92 Å². The number of anilines is 1. The summed E-state index contributed by atoms with van der Waals surface area (Å²) in [6.07, 6.45) is 1.39. The largest absolute Gasteiger partial charge is 0.455 e. The van der Waals surface area contributed by atoms with Crippen molar-refractivity contribution in [2.24, 2.45) is 5.10 Å². The summed E-state index contributed by atoms with van der Waals surface area (Å²) in [5, 5.41) is 7.53. The number of nitrogens with zero attached hydrogens (tertiary/aromatic N) is 1. The van der Waals surface area contributed by atoms with Gasteiger partial charge in [-0.15, -0.1) is 0 Å². The molecule has 0 saturated heterocycles. The van der Waals surface area contributed by atoms with Gasteiger partial charge in [-0.3, -0.25) is 9.59 Å². The Morgan fingerprint density at radius 3 is 2.46 bits per heavy atom. The molecule has 0 unspecified atom stereocenters. The third-order valence-electron chi connectivity index (χ3n) is 3.65. The van der Waals surface area contributed by atoms with Crippen LogP contribution < -0.4 is 10.7 Å². The molecule has 142 valence electrons. The van der Waals surface area contributed by atoms with Gasteiger partial charge in [0.2, 0.25) is 5.91 Å². The van der Waals surface area contributed by atoms with Crippen LogP contribution in [0.1, 0.15) is 23.0 Å². The van der Waals surface area contributed by atoms with Gasteiger partial charge in [0.1, 0.15) is 11.5 Å². The van der Waals surface area contributed by atoms with Gasteiger partial charge in [0.25, 0.3) is 5.91 Å². The lowest BCUT2D eigenvalue weighted by Crippen LogP contribution is -2.17. The minimum absolute atomic E-state index is 0.181. The number of carbonyl (C=O) groups excluding carboxylic acids is 2. The SMILES string of the molecule is CC(=O)Nc1ccc(C(=O)NN=Cc2ccc(-c3ccc(Cl)cc3Cl)o2)cc1. The summed E-state index contributed by atoms with van der Waals surface area (Å²) in [7, 11) is 0. The molecule has 8 heteroatoms. The Hall–Kier alpha value is -3.09. The summed E-state index contributed by atoms with van der Waals surface area (Å²) < 4.78 is 5.66. The highest BCUT2D eigenvalue weighted by atomic mass is 35.5. The maximum absolute atomic E-state index is 12.1. The van der Waals surface area contributed by atoms with E-state index in [2.05, 4.69) is 15.8 Å². The molecule has 1 heterocycles. The molecule has 1 aromatic heterocycles. The molecule has 0 bridgehead atoms. The zero-order chi connectivity index (χ0) is 20.1. The van der Waals surface area contributed by atoms with Crippen LogP contribution in [-0.2, 0) is 4.79 Å². The van der Waals surface area contributed by atoms with E-state index < -0.39 is 5.91 Å². The lowest BCUT2D eigenvalue weighted by atomic mass is 10.2. The summed E-state index contributed by atoms with van der Waals surface area (Å²) in [5.41, 5.74) is 4.13. The molecular formula is C20H15Cl2N3O3. The third-order valence-corrected chi connectivity index (χ3v) is 4.20. The van der Waals surface area contributed by atoms with Crippen molar-refractivity contribution in [3.63, 3.8) is 0 Å². The molecule has 0 atom stereocenters. The highest BCUT2D eigenvalue weighted by Gasteiger charge is 2.09. The minimum Gasteiger partial charge on any atom is -0.455 e. The van der Waals surface area contributed by atoms with E-state index in [4.69, 9.17) is 27.6 Å². The van der Waals surface area contributed by atoms with E-state index in [0.717, 1.165) is 0 Å². The number of halogens is 2. The molecule has 3 rings (SSSR count). The number of hydrazone groups is 1. The van der Waals surface area contributed by atoms with Gasteiger partial charge < -0.3 is 9.73 Å². The molecular weight excluding hydrogens is 401 g/mol. The second-order valence-corrected chi connectivity index (χ2v) is 6.63. The van der Waals surface area contributed by atoms with Gasteiger partial charge >= 0.3 is 0 Å². The molecule has 3 aromatic rings. The number of amides is 2. The molecule has 0 spiro atoms. The lowest BCUT2D eigenvalue weighted by Gasteiger charge is -2.03. The first-order valence-corrected chi connectivity index (χ1v) is 8.94. The van der Waals surface area contributed by atoms with Gasteiger partial charge in [0, 0.05) is 28.8 Å². The smallest absolute Gasteiger partial charge is 0.271 e. The van der Waals surface area contributed by atoms with E-state index in [0.29, 0.717) is 38.4 Å². The van der Waals surface area contributed by atoms with E-state index in [1.807, 2.05) is 0 Å².